The quantitative estimate of drug-likeness (QED) is 0.619. The summed E-state index contributed by atoms with van der Waals surface area (Å²) < 4.78 is 9.86. The zero-order chi connectivity index (χ0) is 10.7. The maximum absolute atomic E-state index is 4.97. The Kier molecular flexibility index (Phi) is 11.9. The van der Waals surface area contributed by atoms with Crippen LogP contribution in [0.3, 0.4) is 0 Å². The van der Waals surface area contributed by atoms with Crippen LogP contribution in [0.4, 0.5) is 0 Å². The Balaban J connectivity index is 0. The van der Waals surface area contributed by atoms with Gasteiger partial charge in [0.2, 0.25) is 6.79 Å². The predicted molar refractivity (Wildman–Crippen MR) is 57.2 cm³/mol. The van der Waals surface area contributed by atoms with Crippen molar-refractivity contribution in [2.45, 2.75) is 27.7 Å². The molecule has 0 bridgehead atoms. The third-order valence-electron chi connectivity index (χ3n) is 0.992. The molecule has 1 aliphatic heterocycles. The average molecular weight is 184 g/mol. The van der Waals surface area contributed by atoms with Crippen LogP contribution in [0.15, 0.2) is 36.8 Å². The Morgan fingerprint density at radius 2 is 1.69 bits per heavy atom. The minimum atomic E-state index is 0.276. The maximum Gasteiger partial charge on any atom is 0.231 e. The third kappa shape index (κ3) is 6.02. The monoisotopic (exact) mass is 184 g/mol. The Labute approximate surface area is 81.6 Å². The minimum Gasteiger partial charge on any atom is -0.454 e. The summed E-state index contributed by atoms with van der Waals surface area (Å²) in [5.41, 5.74) is 0. The van der Waals surface area contributed by atoms with Gasteiger partial charge in [-0.2, -0.15) is 0 Å². The minimum absolute atomic E-state index is 0.276. The predicted octanol–water partition coefficient (Wildman–Crippen LogP) is 3.63. The second kappa shape index (κ2) is 10.8. The van der Waals surface area contributed by atoms with Gasteiger partial charge in [-0.3, -0.25) is 0 Å². The molecule has 0 aromatic heterocycles. The molecule has 2 heteroatoms. The van der Waals surface area contributed by atoms with Crippen LogP contribution in [-0.4, -0.2) is 6.79 Å². The summed E-state index contributed by atoms with van der Waals surface area (Å²) in [7, 11) is 0. The summed E-state index contributed by atoms with van der Waals surface area (Å²) in [6.45, 7) is 15.4. The first-order valence-corrected chi connectivity index (χ1v) is 4.62. The van der Waals surface area contributed by atoms with E-state index in [4.69, 9.17) is 9.47 Å². The van der Waals surface area contributed by atoms with Crippen LogP contribution in [0.5, 0.6) is 0 Å². The summed E-state index contributed by atoms with van der Waals surface area (Å²) >= 11 is 0. The molecule has 0 aliphatic carbocycles. The molecule has 0 saturated carbocycles. The van der Waals surface area contributed by atoms with Crippen molar-refractivity contribution >= 4 is 0 Å². The van der Waals surface area contributed by atoms with Gasteiger partial charge < -0.3 is 9.47 Å². The second-order valence-electron chi connectivity index (χ2n) is 1.60. The van der Waals surface area contributed by atoms with Crippen molar-refractivity contribution in [3.8, 4) is 0 Å². The largest absolute Gasteiger partial charge is 0.454 e. The first-order chi connectivity index (χ1) is 6.34. The van der Waals surface area contributed by atoms with Crippen molar-refractivity contribution < 1.29 is 9.47 Å². The van der Waals surface area contributed by atoms with E-state index in [1.54, 1.807) is 12.2 Å². The van der Waals surface area contributed by atoms with E-state index < -0.39 is 0 Å². The van der Waals surface area contributed by atoms with Crippen molar-refractivity contribution in [3.05, 3.63) is 36.8 Å². The van der Waals surface area contributed by atoms with E-state index in [9.17, 15) is 0 Å². The van der Waals surface area contributed by atoms with Gasteiger partial charge in [-0.1, -0.05) is 46.9 Å². The van der Waals surface area contributed by atoms with Crippen LogP contribution in [0.1, 0.15) is 27.7 Å². The molecule has 0 amide bonds. The molecule has 1 saturated heterocycles. The average Bonchev–Trinajstić information content (AvgIpc) is 2.60. The molecule has 0 unspecified atom stereocenters. The smallest absolute Gasteiger partial charge is 0.231 e. The van der Waals surface area contributed by atoms with E-state index in [1.807, 2.05) is 27.7 Å². The van der Waals surface area contributed by atoms with Gasteiger partial charge in [0, 0.05) is 0 Å². The lowest BCUT2D eigenvalue weighted by Crippen LogP contribution is -1.77. The van der Waals surface area contributed by atoms with Gasteiger partial charge >= 0.3 is 0 Å². The molecule has 0 spiro atoms. The summed E-state index contributed by atoms with van der Waals surface area (Å²) in [5.74, 6) is 1.25. The fourth-order valence-electron chi connectivity index (χ4n) is 0.564. The summed E-state index contributed by atoms with van der Waals surface area (Å²) in [6, 6.07) is 0. The molecule has 1 fully saturated rings. The van der Waals surface area contributed by atoms with Crippen LogP contribution < -0.4 is 0 Å². The molecule has 0 aromatic rings. The standard InChI is InChI=1S/C7H8O2.2C2H6/c1-3-4-7-6(2)8-5-9-7;2*1-2/h3-4H,1-2,5H2;2*1-2H3/b7-4+;;. The lowest BCUT2D eigenvalue weighted by atomic mass is 10.4. The highest BCUT2D eigenvalue weighted by atomic mass is 16.7. The number of rotatable bonds is 1. The van der Waals surface area contributed by atoms with Gasteiger partial charge in [0.25, 0.3) is 0 Å². The molecule has 0 N–H and O–H groups in total. The van der Waals surface area contributed by atoms with Crippen LogP contribution in [-0.2, 0) is 9.47 Å². The molecule has 76 valence electrons. The fourth-order valence-corrected chi connectivity index (χ4v) is 0.564. The highest BCUT2D eigenvalue weighted by Crippen LogP contribution is 2.17. The molecule has 1 aliphatic rings. The topological polar surface area (TPSA) is 18.5 Å². The molecule has 0 radical (unpaired) electrons. The number of hydrogen-bond donors (Lipinski definition) is 0. The van der Waals surface area contributed by atoms with Crippen LogP contribution in [0.25, 0.3) is 0 Å². The molecule has 1 rings (SSSR count). The number of allylic oxidation sites excluding steroid dienone is 2. The molecule has 2 nitrogen and oxygen atoms in total. The second-order valence-corrected chi connectivity index (χ2v) is 1.60. The third-order valence-corrected chi connectivity index (χ3v) is 0.992. The normalized spacial score (nSPS) is 15.7. The Hall–Kier alpha value is -1.18. The fraction of sp³-hybridized carbons (Fsp3) is 0.455. The van der Waals surface area contributed by atoms with Crippen molar-refractivity contribution in [3.63, 3.8) is 0 Å². The Morgan fingerprint density at radius 3 is 2.00 bits per heavy atom. The van der Waals surface area contributed by atoms with Crippen molar-refractivity contribution in [1.29, 1.82) is 0 Å². The first kappa shape index (κ1) is 14.3. The van der Waals surface area contributed by atoms with Gasteiger partial charge in [-0.15, -0.1) is 0 Å². The summed E-state index contributed by atoms with van der Waals surface area (Å²) in [4.78, 5) is 0. The Morgan fingerprint density at radius 1 is 1.15 bits per heavy atom. The highest BCUT2D eigenvalue weighted by molar-refractivity contribution is 5.22. The van der Waals surface area contributed by atoms with Gasteiger partial charge in [0.05, 0.1) is 0 Å². The zero-order valence-corrected chi connectivity index (χ0v) is 9.09. The lowest BCUT2D eigenvalue weighted by Gasteiger charge is -1.88. The van der Waals surface area contributed by atoms with Gasteiger partial charge in [0.15, 0.2) is 11.5 Å². The maximum atomic E-state index is 4.97. The van der Waals surface area contributed by atoms with E-state index in [1.165, 1.54) is 0 Å². The van der Waals surface area contributed by atoms with E-state index in [2.05, 4.69) is 13.2 Å². The van der Waals surface area contributed by atoms with E-state index in [0.717, 1.165) is 0 Å². The van der Waals surface area contributed by atoms with Gasteiger partial charge in [-0.05, 0) is 6.08 Å². The van der Waals surface area contributed by atoms with E-state index in [-0.39, 0.29) is 6.79 Å². The van der Waals surface area contributed by atoms with Crippen LogP contribution in [0.2, 0.25) is 0 Å². The van der Waals surface area contributed by atoms with E-state index >= 15 is 0 Å². The molecule has 13 heavy (non-hydrogen) atoms. The summed E-state index contributed by atoms with van der Waals surface area (Å²) in [6.07, 6.45) is 3.35. The Bertz CT molecular complexity index is 169. The summed E-state index contributed by atoms with van der Waals surface area (Å²) in [5, 5.41) is 0. The van der Waals surface area contributed by atoms with Gasteiger partial charge in [-0.25, -0.2) is 0 Å². The molecule has 1 heterocycles. The van der Waals surface area contributed by atoms with Crippen molar-refractivity contribution in [2.75, 3.05) is 6.79 Å². The lowest BCUT2D eigenvalue weighted by molar-refractivity contribution is 0.0980. The van der Waals surface area contributed by atoms with Crippen molar-refractivity contribution in [2.24, 2.45) is 0 Å². The SMILES string of the molecule is C=C/C=C1/OCOC1=C.CC.CC. The molecular weight excluding hydrogens is 164 g/mol. The molecule has 0 atom stereocenters. The van der Waals surface area contributed by atoms with Gasteiger partial charge in [0.1, 0.15) is 0 Å². The van der Waals surface area contributed by atoms with Crippen molar-refractivity contribution in [1.82, 2.24) is 0 Å². The molecular formula is C11H20O2. The van der Waals surface area contributed by atoms with Crippen LogP contribution in [0, 0.1) is 0 Å². The number of ether oxygens (including phenoxy) is 2. The number of hydrogen-bond acceptors (Lipinski definition) is 2. The highest BCUT2D eigenvalue weighted by Gasteiger charge is 2.11. The molecule has 0 aromatic carbocycles. The van der Waals surface area contributed by atoms with E-state index in [0.29, 0.717) is 11.5 Å². The zero-order valence-electron chi connectivity index (χ0n) is 9.09. The van der Waals surface area contributed by atoms with Crippen LogP contribution >= 0.6 is 0 Å². The first-order valence-electron chi connectivity index (χ1n) is 4.62.